The first-order chi connectivity index (χ1) is 9.17. The maximum Gasteiger partial charge on any atom is 0.124 e. The van der Waals surface area contributed by atoms with Crippen LogP contribution in [0.1, 0.15) is 18.1 Å². The maximum atomic E-state index is 13.5. The number of nitrogens with zero attached hydrogens (tertiary/aromatic N) is 1. The predicted molar refractivity (Wildman–Crippen MR) is 71.1 cm³/mol. The van der Waals surface area contributed by atoms with Gasteiger partial charge in [-0.15, -0.1) is 0 Å². The quantitative estimate of drug-likeness (QED) is 0.819. The molecule has 1 heterocycles. The lowest BCUT2D eigenvalue weighted by Crippen LogP contribution is -2.40. The van der Waals surface area contributed by atoms with Gasteiger partial charge in [0.25, 0.3) is 0 Å². The van der Waals surface area contributed by atoms with Gasteiger partial charge in [0.2, 0.25) is 0 Å². The smallest absolute Gasteiger partial charge is 0.124 e. The van der Waals surface area contributed by atoms with Crippen LogP contribution < -0.4 is 0 Å². The Labute approximate surface area is 113 Å². The van der Waals surface area contributed by atoms with Gasteiger partial charge < -0.3 is 9.84 Å². The number of benzene rings is 1. The third-order valence-electron chi connectivity index (χ3n) is 3.00. The zero-order valence-electron chi connectivity index (χ0n) is 11.0. The van der Waals surface area contributed by atoms with Gasteiger partial charge in [-0.25, -0.2) is 4.39 Å². The van der Waals surface area contributed by atoms with Gasteiger partial charge in [0.15, 0.2) is 0 Å². The van der Waals surface area contributed by atoms with Crippen molar-refractivity contribution in [3.05, 3.63) is 35.1 Å². The molecule has 1 fully saturated rings. The molecule has 102 valence electrons. The first kappa shape index (κ1) is 14.0. The van der Waals surface area contributed by atoms with E-state index in [1.165, 1.54) is 12.1 Å². The van der Waals surface area contributed by atoms with Crippen molar-refractivity contribution in [3.8, 4) is 11.8 Å². The van der Waals surface area contributed by atoms with E-state index in [1.54, 1.807) is 0 Å². The summed E-state index contributed by atoms with van der Waals surface area (Å²) in [6.45, 7) is 4.95. The minimum Gasteiger partial charge on any atom is -0.384 e. The molecule has 3 nitrogen and oxygen atoms in total. The molecule has 1 unspecified atom stereocenters. The van der Waals surface area contributed by atoms with Gasteiger partial charge in [0.1, 0.15) is 12.4 Å². The molecule has 19 heavy (non-hydrogen) atoms. The number of aliphatic hydroxyl groups is 1. The summed E-state index contributed by atoms with van der Waals surface area (Å²) in [6.07, 6.45) is 0.218. The summed E-state index contributed by atoms with van der Waals surface area (Å²) in [5.41, 5.74) is 1.50. The van der Waals surface area contributed by atoms with Gasteiger partial charge in [-0.3, -0.25) is 4.90 Å². The van der Waals surface area contributed by atoms with Crippen molar-refractivity contribution >= 4 is 0 Å². The van der Waals surface area contributed by atoms with Crippen LogP contribution in [0.4, 0.5) is 4.39 Å². The highest BCUT2D eigenvalue weighted by Crippen LogP contribution is 2.13. The van der Waals surface area contributed by atoms with E-state index < -0.39 is 0 Å². The molecular weight excluding hydrogens is 245 g/mol. The lowest BCUT2D eigenvalue weighted by molar-refractivity contribution is -0.0212. The van der Waals surface area contributed by atoms with Crippen LogP contribution in [0.5, 0.6) is 0 Å². The molecule has 0 spiro atoms. The molecule has 0 bridgehead atoms. The molecule has 1 aromatic rings. The van der Waals surface area contributed by atoms with E-state index in [4.69, 9.17) is 9.84 Å². The molecular formula is C15H18FNO2. The monoisotopic (exact) mass is 263 g/mol. The summed E-state index contributed by atoms with van der Waals surface area (Å²) in [5, 5.41) is 8.67. The highest BCUT2D eigenvalue weighted by molar-refractivity contribution is 5.37. The van der Waals surface area contributed by atoms with Crippen molar-refractivity contribution in [3.63, 3.8) is 0 Å². The Morgan fingerprint density at radius 1 is 1.47 bits per heavy atom. The number of hydrogen-bond acceptors (Lipinski definition) is 3. The van der Waals surface area contributed by atoms with E-state index in [9.17, 15) is 4.39 Å². The van der Waals surface area contributed by atoms with E-state index in [0.717, 1.165) is 18.7 Å². The molecule has 2 rings (SSSR count). The summed E-state index contributed by atoms with van der Waals surface area (Å²) in [4.78, 5) is 2.24. The number of ether oxygens (including phenoxy) is 1. The Hall–Kier alpha value is -1.41. The fourth-order valence-electron chi connectivity index (χ4n) is 2.25. The highest BCUT2D eigenvalue weighted by atomic mass is 19.1. The van der Waals surface area contributed by atoms with Crippen LogP contribution in [0, 0.1) is 17.7 Å². The molecule has 0 aromatic heterocycles. The lowest BCUT2D eigenvalue weighted by Gasteiger charge is -2.31. The van der Waals surface area contributed by atoms with Gasteiger partial charge in [0, 0.05) is 25.2 Å². The Balaban J connectivity index is 2.09. The minimum atomic E-state index is -0.291. The first-order valence-electron chi connectivity index (χ1n) is 6.40. The van der Waals surface area contributed by atoms with E-state index in [1.807, 2.05) is 13.0 Å². The van der Waals surface area contributed by atoms with Gasteiger partial charge in [0.05, 0.1) is 12.7 Å². The molecule has 0 saturated carbocycles. The largest absolute Gasteiger partial charge is 0.384 e. The number of aliphatic hydroxyl groups excluding tert-OH is 1. The van der Waals surface area contributed by atoms with Crippen molar-refractivity contribution in [1.29, 1.82) is 0 Å². The molecule has 1 aliphatic rings. The number of morpholine rings is 1. The topological polar surface area (TPSA) is 32.7 Å². The minimum absolute atomic E-state index is 0.215. The zero-order chi connectivity index (χ0) is 13.7. The molecule has 4 heteroatoms. The molecule has 0 aliphatic carbocycles. The summed E-state index contributed by atoms with van der Waals surface area (Å²) in [7, 11) is 0. The van der Waals surface area contributed by atoms with Crippen LogP contribution in [0.15, 0.2) is 18.2 Å². The fraction of sp³-hybridized carbons (Fsp3) is 0.467. The van der Waals surface area contributed by atoms with Gasteiger partial charge in [-0.2, -0.15) is 0 Å². The Morgan fingerprint density at radius 2 is 2.32 bits per heavy atom. The summed E-state index contributed by atoms with van der Waals surface area (Å²) in [6, 6.07) is 4.78. The summed E-state index contributed by atoms with van der Waals surface area (Å²) >= 11 is 0. The van der Waals surface area contributed by atoms with Crippen molar-refractivity contribution in [2.45, 2.75) is 19.6 Å². The SMILES string of the molecule is CC1CN(Cc2cc(F)cc(C#CCO)c2)CCO1. The second-order valence-corrected chi connectivity index (χ2v) is 4.72. The number of rotatable bonds is 2. The van der Waals surface area contributed by atoms with Gasteiger partial charge in [-0.05, 0) is 30.7 Å². The Morgan fingerprint density at radius 3 is 3.05 bits per heavy atom. The normalized spacial score (nSPS) is 19.8. The van der Waals surface area contributed by atoms with Crippen molar-refractivity contribution in [2.75, 3.05) is 26.3 Å². The van der Waals surface area contributed by atoms with Gasteiger partial charge in [-0.1, -0.05) is 11.8 Å². The van der Waals surface area contributed by atoms with E-state index >= 15 is 0 Å². The van der Waals surface area contributed by atoms with Crippen molar-refractivity contribution in [1.82, 2.24) is 4.90 Å². The van der Waals surface area contributed by atoms with Crippen LogP contribution in [-0.4, -0.2) is 42.4 Å². The predicted octanol–water partition coefficient (Wildman–Crippen LogP) is 1.39. The molecule has 1 aromatic carbocycles. The molecule has 1 N–H and O–H groups in total. The first-order valence-corrected chi connectivity index (χ1v) is 6.40. The third-order valence-corrected chi connectivity index (χ3v) is 3.00. The van der Waals surface area contributed by atoms with E-state index in [0.29, 0.717) is 18.7 Å². The molecule has 1 saturated heterocycles. The average Bonchev–Trinajstić information content (AvgIpc) is 2.35. The van der Waals surface area contributed by atoms with Crippen molar-refractivity contribution in [2.24, 2.45) is 0 Å². The van der Waals surface area contributed by atoms with Crippen LogP contribution in [0.3, 0.4) is 0 Å². The standard InChI is InChI=1S/C15H18FNO2/c1-12-10-17(4-6-19-12)11-14-7-13(3-2-5-18)8-15(16)9-14/h7-9,12,18H,4-6,10-11H2,1H3. The lowest BCUT2D eigenvalue weighted by atomic mass is 10.1. The highest BCUT2D eigenvalue weighted by Gasteiger charge is 2.16. The van der Waals surface area contributed by atoms with E-state index in [2.05, 4.69) is 16.7 Å². The zero-order valence-corrected chi connectivity index (χ0v) is 11.0. The molecule has 1 aliphatic heterocycles. The van der Waals surface area contributed by atoms with Gasteiger partial charge >= 0.3 is 0 Å². The second kappa shape index (κ2) is 6.67. The van der Waals surface area contributed by atoms with Crippen LogP contribution in [0.2, 0.25) is 0 Å². The maximum absolute atomic E-state index is 13.5. The number of halogens is 1. The molecule has 1 atom stereocenters. The number of hydrogen-bond donors (Lipinski definition) is 1. The Bertz CT molecular complexity index is 493. The van der Waals surface area contributed by atoms with Crippen LogP contribution >= 0.6 is 0 Å². The molecule has 0 radical (unpaired) electrons. The van der Waals surface area contributed by atoms with Crippen molar-refractivity contribution < 1.29 is 14.2 Å². The average molecular weight is 263 g/mol. The fourth-order valence-corrected chi connectivity index (χ4v) is 2.25. The third kappa shape index (κ3) is 4.32. The summed E-state index contributed by atoms with van der Waals surface area (Å²) < 4.78 is 19.0. The summed E-state index contributed by atoms with van der Waals surface area (Å²) in [5.74, 6) is 4.98. The van der Waals surface area contributed by atoms with E-state index in [-0.39, 0.29) is 18.5 Å². The second-order valence-electron chi connectivity index (χ2n) is 4.72. The molecule has 0 amide bonds. The van der Waals surface area contributed by atoms with Crippen LogP contribution in [-0.2, 0) is 11.3 Å². The Kier molecular flexibility index (Phi) is 4.92. The van der Waals surface area contributed by atoms with Crippen LogP contribution in [0.25, 0.3) is 0 Å².